The number of nitrogens with zero attached hydrogens (tertiary/aromatic N) is 1. The zero-order valence-corrected chi connectivity index (χ0v) is 11.0. The van der Waals surface area contributed by atoms with Gasteiger partial charge in [0.1, 0.15) is 5.54 Å². The van der Waals surface area contributed by atoms with Gasteiger partial charge in [-0.25, -0.2) is 9.59 Å². The Kier molecular flexibility index (Phi) is 3.54. The van der Waals surface area contributed by atoms with Crippen LogP contribution in [0.3, 0.4) is 0 Å². The highest BCUT2D eigenvalue weighted by Gasteiger charge is 2.48. The van der Waals surface area contributed by atoms with Gasteiger partial charge in [0.15, 0.2) is 0 Å². The highest BCUT2D eigenvalue weighted by Crippen LogP contribution is 2.22. The highest BCUT2D eigenvalue weighted by atomic mass is 16.4. The lowest BCUT2D eigenvalue weighted by atomic mass is 9.93. The molecule has 0 aromatic heterocycles. The first kappa shape index (κ1) is 14.3. The fraction of sp³-hybridized carbons (Fsp3) is 0.727. The minimum Gasteiger partial charge on any atom is -0.465 e. The monoisotopic (exact) mass is 257 g/mol. The van der Waals surface area contributed by atoms with E-state index in [1.165, 1.54) is 0 Å². The summed E-state index contributed by atoms with van der Waals surface area (Å²) in [6, 6.07) is -0.582. The Morgan fingerprint density at radius 3 is 2.22 bits per heavy atom. The molecule has 1 atom stereocenters. The average molecular weight is 257 g/mol. The van der Waals surface area contributed by atoms with Crippen LogP contribution in [0.25, 0.3) is 0 Å². The van der Waals surface area contributed by atoms with E-state index in [1.807, 2.05) is 0 Å². The Hall–Kier alpha value is -1.79. The Morgan fingerprint density at radius 1 is 1.39 bits per heavy atom. The molecular formula is C11H19N3O4. The molecule has 3 N–H and O–H groups in total. The molecule has 1 rings (SSSR count). The summed E-state index contributed by atoms with van der Waals surface area (Å²) in [6.45, 7) is 6.87. The predicted octanol–water partition coefficient (Wildman–Crippen LogP) is 0.753. The molecule has 1 aliphatic rings. The van der Waals surface area contributed by atoms with Crippen LogP contribution < -0.4 is 10.6 Å². The van der Waals surface area contributed by atoms with Gasteiger partial charge >= 0.3 is 12.1 Å². The van der Waals surface area contributed by atoms with E-state index in [4.69, 9.17) is 0 Å². The van der Waals surface area contributed by atoms with Crippen molar-refractivity contribution in [2.45, 2.75) is 45.2 Å². The maximum Gasteiger partial charge on any atom is 0.407 e. The van der Waals surface area contributed by atoms with Gasteiger partial charge in [-0.15, -0.1) is 0 Å². The lowest BCUT2D eigenvalue weighted by Gasteiger charge is -2.38. The van der Waals surface area contributed by atoms with E-state index in [1.54, 1.807) is 27.7 Å². The minimum atomic E-state index is -1.18. The molecule has 1 aliphatic heterocycles. The largest absolute Gasteiger partial charge is 0.465 e. The first-order chi connectivity index (χ1) is 8.12. The molecule has 1 saturated heterocycles. The van der Waals surface area contributed by atoms with Gasteiger partial charge in [-0.2, -0.15) is 0 Å². The van der Waals surface area contributed by atoms with Gasteiger partial charge in [0, 0.05) is 5.54 Å². The Bertz CT molecular complexity index is 388. The zero-order chi connectivity index (χ0) is 14.1. The summed E-state index contributed by atoms with van der Waals surface area (Å²) >= 11 is 0. The maximum absolute atomic E-state index is 11.8. The number of carboxylic acid groups (broad SMARTS) is 1. The summed E-state index contributed by atoms with van der Waals surface area (Å²) in [4.78, 5) is 35.4. The third-order valence-electron chi connectivity index (χ3n) is 3.09. The van der Waals surface area contributed by atoms with Gasteiger partial charge in [0.25, 0.3) is 5.91 Å². The van der Waals surface area contributed by atoms with Crippen LogP contribution in [0.5, 0.6) is 0 Å². The van der Waals surface area contributed by atoms with E-state index >= 15 is 0 Å². The quantitative estimate of drug-likeness (QED) is 0.650. The smallest absolute Gasteiger partial charge is 0.407 e. The van der Waals surface area contributed by atoms with Crippen LogP contribution in [0.4, 0.5) is 9.59 Å². The second-order valence-corrected chi connectivity index (χ2v) is 5.38. The third-order valence-corrected chi connectivity index (χ3v) is 3.09. The van der Waals surface area contributed by atoms with Gasteiger partial charge < -0.3 is 15.3 Å². The van der Waals surface area contributed by atoms with Crippen LogP contribution in [0.1, 0.15) is 34.1 Å². The Morgan fingerprint density at radius 2 is 1.94 bits per heavy atom. The molecule has 0 saturated carbocycles. The number of rotatable bonds is 3. The highest BCUT2D eigenvalue weighted by molar-refractivity contribution is 6.07. The molecule has 0 aliphatic carbocycles. The number of carbonyl (C=O) groups excluding carboxylic acids is 2. The molecule has 1 heterocycles. The fourth-order valence-electron chi connectivity index (χ4n) is 1.86. The molecule has 1 fully saturated rings. The number of imide groups is 1. The number of hydrogen-bond donors (Lipinski definition) is 3. The molecule has 0 aromatic carbocycles. The second kappa shape index (κ2) is 4.47. The molecule has 7 nitrogen and oxygen atoms in total. The van der Waals surface area contributed by atoms with Crippen LogP contribution in [-0.4, -0.2) is 45.7 Å². The first-order valence-corrected chi connectivity index (χ1v) is 5.76. The van der Waals surface area contributed by atoms with Crippen molar-refractivity contribution in [3.8, 4) is 0 Å². The number of amides is 4. The van der Waals surface area contributed by atoms with E-state index in [-0.39, 0.29) is 6.54 Å². The van der Waals surface area contributed by atoms with Crippen molar-refractivity contribution >= 4 is 18.0 Å². The second-order valence-electron chi connectivity index (χ2n) is 5.38. The number of urea groups is 1. The maximum atomic E-state index is 11.8. The normalized spacial score (nSPS) is 23.6. The molecular weight excluding hydrogens is 238 g/mol. The summed E-state index contributed by atoms with van der Waals surface area (Å²) in [5, 5.41) is 13.9. The summed E-state index contributed by atoms with van der Waals surface area (Å²) in [5.41, 5.74) is -1.83. The molecule has 0 aromatic rings. The van der Waals surface area contributed by atoms with Crippen molar-refractivity contribution < 1.29 is 19.5 Å². The standard InChI is InChI=1S/C11H19N3O4/c1-5-11(7(15)12-8(16)13-11)6-14(9(17)18)10(2,3)4/h5-6H2,1-4H3,(H,17,18)(H2,12,13,15,16)/t11-/m1/s1. The average Bonchev–Trinajstić information content (AvgIpc) is 2.48. The lowest BCUT2D eigenvalue weighted by Crippen LogP contribution is -2.59. The fourth-order valence-corrected chi connectivity index (χ4v) is 1.86. The van der Waals surface area contributed by atoms with E-state index in [9.17, 15) is 19.5 Å². The van der Waals surface area contributed by atoms with E-state index in [0.717, 1.165) is 4.90 Å². The number of carbonyl (C=O) groups is 3. The number of nitrogens with one attached hydrogen (secondary N) is 2. The van der Waals surface area contributed by atoms with Crippen molar-refractivity contribution in [3.05, 3.63) is 0 Å². The van der Waals surface area contributed by atoms with Crippen molar-refractivity contribution in [1.82, 2.24) is 15.5 Å². The summed E-state index contributed by atoms with van der Waals surface area (Å²) < 4.78 is 0. The third kappa shape index (κ3) is 2.55. The van der Waals surface area contributed by atoms with Crippen LogP contribution in [0.2, 0.25) is 0 Å². The van der Waals surface area contributed by atoms with Crippen molar-refractivity contribution in [1.29, 1.82) is 0 Å². The summed E-state index contributed by atoms with van der Waals surface area (Å²) in [6.07, 6.45) is -0.797. The SMILES string of the molecule is CC[C@]1(CN(C(=O)O)C(C)(C)C)NC(=O)NC1=O. The van der Waals surface area contributed by atoms with Crippen molar-refractivity contribution in [2.24, 2.45) is 0 Å². The zero-order valence-electron chi connectivity index (χ0n) is 11.0. The lowest BCUT2D eigenvalue weighted by molar-refractivity contribution is -0.125. The Labute approximate surface area is 106 Å². The van der Waals surface area contributed by atoms with Crippen LogP contribution in [-0.2, 0) is 4.79 Å². The van der Waals surface area contributed by atoms with E-state index < -0.39 is 29.1 Å². The van der Waals surface area contributed by atoms with Crippen molar-refractivity contribution in [3.63, 3.8) is 0 Å². The predicted molar refractivity (Wildman–Crippen MR) is 64.2 cm³/mol. The molecule has 7 heteroatoms. The molecule has 0 spiro atoms. The van der Waals surface area contributed by atoms with Crippen LogP contribution in [0, 0.1) is 0 Å². The van der Waals surface area contributed by atoms with Gasteiger partial charge in [-0.1, -0.05) is 6.92 Å². The summed E-state index contributed by atoms with van der Waals surface area (Å²) in [5.74, 6) is -0.481. The van der Waals surface area contributed by atoms with Gasteiger partial charge in [-0.3, -0.25) is 10.1 Å². The van der Waals surface area contributed by atoms with Crippen LogP contribution >= 0.6 is 0 Å². The molecule has 0 unspecified atom stereocenters. The van der Waals surface area contributed by atoms with Gasteiger partial charge in [0.2, 0.25) is 0 Å². The van der Waals surface area contributed by atoms with Crippen LogP contribution in [0.15, 0.2) is 0 Å². The Balaban J connectivity index is 3.01. The minimum absolute atomic E-state index is 0.0695. The summed E-state index contributed by atoms with van der Waals surface area (Å²) in [7, 11) is 0. The van der Waals surface area contributed by atoms with Gasteiger partial charge in [0.05, 0.1) is 6.54 Å². The molecule has 0 radical (unpaired) electrons. The molecule has 18 heavy (non-hydrogen) atoms. The topological polar surface area (TPSA) is 98.7 Å². The van der Waals surface area contributed by atoms with Crippen molar-refractivity contribution in [2.75, 3.05) is 6.54 Å². The molecule has 0 bridgehead atoms. The van der Waals surface area contributed by atoms with E-state index in [0.29, 0.717) is 6.42 Å². The van der Waals surface area contributed by atoms with E-state index in [2.05, 4.69) is 10.6 Å². The molecule has 4 amide bonds. The number of hydrogen-bond acceptors (Lipinski definition) is 3. The first-order valence-electron chi connectivity index (χ1n) is 5.76. The van der Waals surface area contributed by atoms with Gasteiger partial charge in [-0.05, 0) is 27.2 Å². The molecule has 102 valence electrons.